The second kappa shape index (κ2) is 7.26. The van der Waals surface area contributed by atoms with Crippen molar-refractivity contribution in [3.8, 4) is 0 Å². The predicted molar refractivity (Wildman–Crippen MR) is 85.2 cm³/mol. The first-order valence-corrected chi connectivity index (χ1v) is 7.74. The number of carbonyl (C=O) groups excluding carboxylic acids is 2. The molecule has 23 heavy (non-hydrogen) atoms. The maximum Gasteiger partial charge on any atom is 0.322 e. The van der Waals surface area contributed by atoms with Crippen molar-refractivity contribution in [1.29, 1.82) is 0 Å². The summed E-state index contributed by atoms with van der Waals surface area (Å²) in [5.41, 5.74) is 2.69. The number of aryl methyl sites for hydroxylation is 2. The number of likely N-dealkylation sites (tertiary alicyclic amines) is 1. The number of piperidine rings is 1. The van der Waals surface area contributed by atoms with Crippen molar-refractivity contribution in [2.24, 2.45) is 5.92 Å². The predicted octanol–water partition coefficient (Wildman–Crippen LogP) is 1.36. The number of carbonyl (C=O) groups is 3. The van der Waals surface area contributed by atoms with Crippen molar-refractivity contribution in [3.63, 3.8) is 0 Å². The van der Waals surface area contributed by atoms with Gasteiger partial charge in [-0.1, -0.05) is 17.2 Å². The minimum Gasteiger partial charge on any atom is -0.480 e. The number of hydrogen-bond donors (Lipinski definition) is 2. The maximum atomic E-state index is 12.6. The molecule has 0 aliphatic carbocycles. The highest BCUT2D eigenvalue weighted by Crippen LogP contribution is 2.20. The van der Waals surface area contributed by atoms with Gasteiger partial charge in [0.05, 0.1) is 5.92 Å². The van der Waals surface area contributed by atoms with Gasteiger partial charge in [0.25, 0.3) is 5.91 Å². The van der Waals surface area contributed by atoms with Crippen LogP contribution in [0.4, 0.5) is 0 Å². The van der Waals surface area contributed by atoms with Crippen LogP contribution in [0.15, 0.2) is 18.2 Å². The Labute approximate surface area is 135 Å². The number of carboxylic acid groups (broad SMARTS) is 1. The molecule has 1 aromatic rings. The number of hydrogen-bond acceptors (Lipinski definition) is 3. The van der Waals surface area contributed by atoms with E-state index in [1.165, 1.54) is 0 Å². The Morgan fingerprint density at radius 3 is 2.48 bits per heavy atom. The van der Waals surface area contributed by atoms with Crippen LogP contribution in [-0.4, -0.2) is 47.4 Å². The molecule has 1 aromatic carbocycles. The average molecular weight is 318 g/mol. The Morgan fingerprint density at radius 2 is 1.87 bits per heavy atom. The van der Waals surface area contributed by atoms with Gasteiger partial charge in [0.2, 0.25) is 5.91 Å². The number of carboxylic acids is 1. The van der Waals surface area contributed by atoms with E-state index < -0.39 is 5.97 Å². The molecule has 0 spiro atoms. The van der Waals surface area contributed by atoms with E-state index in [2.05, 4.69) is 5.32 Å². The molecule has 2 rings (SSSR count). The zero-order valence-electron chi connectivity index (χ0n) is 13.5. The van der Waals surface area contributed by atoms with Crippen LogP contribution in [-0.2, 0) is 9.59 Å². The number of rotatable bonds is 4. The molecule has 2 amide bonds. The second-order valence-corrected chi connectivity index (χ2v) is 6.08. The lowest BCUT2D eigenvalue weighted by molar-refractivity contribution is -0.138. The van der Waals surface area contributed by atoms with E-state index in [0.29, 0.717) is 25.1 Å². The lowest BCUT2D eigenvalue weighted by atomic mass is 9.96. The van der Waals surface area contributed by atoms with Crippen LogP contribution in [0.3, 0.4) is 0 Å². The van der Waals surface area contributed by atoms with E-state index in [9.17, 15) is 14.4 Å². The van der Waals surface area contributed by atoms with Crippen LogP contribution in [0, 0.1) is 19.8 Å². The van der Waals surface area contributed by atoms with Gasteiger partial charge in [-0.15, -0.1) is 0 Å². The molecule has 1 aliphatic rings. The molecule has 0 radical (unpaired) electrons. The van der Waals surface area contributed by atoms with Crippen LogP contribution < -0.4 is 5.32 Å². The van der Waals surface area contributed by atoms with E-state index in [0.717, 1.165) is 17.5 Å². The molecule has 1 fully saturated rings. The van der Waals surface area contributed by atoms with Gasteiger partial charge in [-0.05, 0) is 38.8 Å². The summed E-state index contributed by atoms with van der Waals surface area (Å²) in [6.07, 6.45) is 1.41. The largest absolute Gasteiger partial charge is 0.480 e. The molecule has 0 saturated carbocycles. The summed E-state index contributed by atoms with van der Waals surface area (Å²) in [4.78, 5) is 36.9. The highest BCUT2D eigenvalue weighted by molar-refractivity contribution is 5.95. The van der Waals surface area contributed by atoms with Gasteiger partial charge < -0.3 is 15.3 Å². The van der Waals surface area contributed by atoms with Gasteiger partial charge in [0, 0.05) is 18.7 Å². The Kier molecular flexibility index (Phi) is 5.36. The van der Waals surface area contributed by atoms with E-state index in [1.807, 2.05) is 32.0 Å². The Hall–Kier alpha value is -2.37. The Balaban J connectivity index is 2.04. The minimum absolute atomic E-state index is 0.0764. The van der Waals surface area contributed by atoms with Gasteiger partial charge in [0.1, 0.15) is 6.54 Å². The monoisotopic (exact) mass is 318 g/mol. The van der Waals surface area contributed by atoms with Crippen LogP contribution in [0.2, 0.25) is 0 Å². The van der Waals surface area contributed by atoms with Crippen LogP contribution in [0.1, 0.15) is 34.3 Å². The average Bonchev–Trinajstić information content (AvgIpc) is 2.51. The zero-order valence-corrected chi connectivity index (χ0v) is 13.5. The number of nitrogens with one attached hydrogen (secondary N) is 1. The molecule has 0 aromatic heterocycles. The summed E-state index contributed by atoms with van der Waals surface area (Å²) in [5, 5.41) is 11.0. The highest BCUT2D eigenvalue weighted by Gasteiger charge is 2.29. The van der Waals surface area contributed by atoms with Crippen LogP contribution in [0.5, 0.6) is 0 Å². The molecule has 1 atom stereocenters. The van der Waals surface area contributed by atoms with Crippen molar-refractivity contribution >= 4 is 17.8 Å². The minimum atomic E-state index is -1.07. The van der Waals surface area contributed by atoms with E-state index in [1.54, 1.807) is 4.90 Å². The molecule has 1 unspecified atom stereocenters. The quantitative estimate of drug-likeness (QED) is 0.877. The number of amides is 2. The normalized spacial score (nSPS) is 17.7. The topological polar surface area (TPSA) is 86.7 Å². The van der Waals surface area contributed by atoms with Crippen LogP contribution >= 0.6 is 0 Å². The van der Waals surface area contributed by atoms with Gasteiger partial charge >= 0.3 is 5.97 Å². The standard InChI is InChI=1S/C17H22N2O4/c1-11-6-12(2)8-14(7-11)17(23)19-5-3-4-13(10-19)16(22)18-9-15(20)21/h6-8,13H,3-5,9-10H2,1-2H3,(H,18,22)(H,20,21). The van der Waals surface area contributed by atoms with Crippen LogP contribution in [0.25, 0.3) is 0 Å². The molecule has 124 valence electrons. The summed E-state index contributed by atoms with van der Waals surface area (Å²) in [7, 11) is 0. The molecule has 2 N–H and O–H groups in total. The fraction of sp³-hybridized carbons (Fsp3) is 0.471. The SMILES string of the molecule is Cc1cc(C)cc(C(=O)N2CCCC(C(=O)NCC(=O)O)C2)c1. The molecular formula is C17H22N2O4. The molecule has 1 heterocycles. The molecule has 6 heteroatoms. The molecule has 6 nitrogen and oxygen atoms in total. The third kappa shape index (κ3) is 4.55. The van der Waals surface area contributed by atoms with Gasteiger partial charge in [-0.25, -0.2) is 0 Å². The van der Waals surface area contributed by atoms with E-state index in [-0.39, 0.29) is 24.3 Å². The zero-order chi connectivity index (χ0) is 17.0. The molecular weight excluding hydrogens is 296 g/mol. The Bertz CT molecular complexity index is 607. The number of benzene rings is 1. The van der Waals surface area contributed by atoms with Gasteiger partial charge in [0.15, 0.2) is 0 Å². The fourth-order valence-corrected chi connectivity index (χ4v) is 2.96. The lowest BCUT2D eigenvalue weighted by Crippen LogP contribution is -2.46. The summed E-state index contributed by atoms with van der Waals surface area (Å²) in [6.45, 7) is 4.45. The maximum absolute atomic E-state index is 12.6. The van der Waals surface area contributed by atoms with Gasteiger partial charge in [-0.3, -0.25) is 14.4 Å². The summed E-state index contributed by atoms with van der Waals surface area (Å²) in [6, 6.07) is 5.71. The summed E-state index contributed by atoms with van der Waals surface area (Å²) in [5.74, 6) is -1.80. The summed E-state index contributed by atoms with van der Waals surface area (Å²) < 4.78 is 0. The third-order valence-electron chi connectivity index (χ3n) is 3.96. The van der Waals surface area contributed by atoms with Crippen molar-refractivity contribution < 1.29 is 19.5 Å². The fourth-order valence-electron chi connectivity index (χ4n) is 2.96. The first-order valence-electron chi connectivity index (χ1n) is 7.74. The second-order valence-electron chi connectivity index (χ2n) is 6.08. The molecule has 0 bridgehead atoms. The van der Waals surface area contributed by atoms with Gasteiger partial charge in [-0.2, -0.15) is 0 Å². The number of aliphatic carboxylic acids is 1. The smallest absolute Gasteiger partial charge is 0.322 e. The third-order valence-corrected chi connectivity index (χ3v) is 3.96. The molecule has 1 saturated heterocycles. The van der Waals surface area contributed by atoms with Crippen molar-refractivity contribution in [2.45, 2.75) is 26.7 Å². The molecule has 1 aliphatic heterocycles. The van der Waals surface area contributed by atoms with E-state index >= 15 is 0 Å². The highest BCUT2D eigenvalue weighted by atomic mass is 16.4. The van der Waals surface area contributed by atoms with Crippen molar-refractivity contribution in [2.75, 3.05) is 19.6 Å². The Morgan fingerprint density at radius 1 is 1.22 bits per heavy atom. The van der Waals surface area contributed by atoms with E-state index in [4.69, 9.17) is 5.11 Å². The van der Waals surface area contributed by atoms with Crippen molar-refractivity contribution in [3.05, 3.63) is 34.9 Å². The first kappa shape index (κ1) is 17.0. The summed E-state index contributed by atoms with van der Waals surface area (Å²) >= 11 is 0. The first-order chi connectivity index (χ1) is 10.9. The van der Waals surface area contributed by atoms with Crippen molar-refractivity contribution in [1.82, 2.24) is 10.2 Å². The number of nitrogens with zero attached hydrogens (tertiary/aromatic N) is 1. The lowest BCUT2D eigenvalue weighted by Gasteiger charge is -2.32.